The summed E-state index contributed by atoms with van der Waals surface area (Å²) in [5, 5.41) is 6.03. The summed E-state index contributed by atoms with van der Waals surface area (Å²) in [7, 11) is 1.59. The van der Waals surface area contributed by atoms with Gasteiger partial charge in [-0.25, -0.2) is 0 Å². The average Bonchev–Trinajstić information content (AvgIpc) is 2.87. The molecule has 0 saturated heterocycles. The minimum atomic E-state index is -0.530. The zero-order valence-corrected chi connectivity index (χ0v) is 15.5. The summed E-state index contributed by atoms with van der Waals surface area (Å²) < 4.78 is 5.11. The molecule has 5 nitrogen and oxygen atoms in total. The first kappa shape index (κ1) is 19.3. The van der Waals surface area contributed by atoms with Crippen molar-refractivity contribution >= 4 is 11.8 Å². The van der Waals surface area contributed by atoms with E-state index in [0.29, 0.717) is 11.3 Å². The van der Waals surface area contributed by atoms with E-state index in [1.54, 1.807) is 31.4 Å². The summed E-state index contributed by atoms with van der Waals surface area (Å²) in [6.07, 6.45) is 6.87. The number of hydrogen-bond donors (Lipinski definition) is 2. The van der Waals surface area contributed by atoms with Gasteiger partial charge in [0.2, 0.25) is 5.91 Å². The Bertz CT molecular complexity index is 561. The molecule has 1 aromatic carbocycles. The van der Waals surface area contributed by atoms with Crippen molar-refractivity contribution in [3.05, 3.63) is 29.8 Å². The molecule has 5 heteroatoms. The zero-order valence-electron chi connectivity index (χ0n) is 15.5. The SMILES string of the molecule is COc1ccc(C(=O)N[C@H](C(=O)NC2CCCCCC2)C(C)C)cc1. The second kappa shape index (κ2) is 9.44. The van der Waals surface area contributed by atoms with Gasteiger partial charge >= 0.3 is 0 Å². The van der Waals surface area contributed by atoms with E-state index in [1.165, 1.54) is 12.8 Å². The van der Waals surface area contributed by atoms with Crippen LogP contribution in [0.15, 0.2) is 24.3 Å². The summed E-state index contributed by atoms with van der Waals surface area (Å²) in [4.78, 5) is 25.2. The first-order valence-corrected chi connectivity index (χ1v) is 9.26. The third-order valence-corrected chi connectivity index (χ3v) is 4.79. The lowest BCUT2D eigenvalue weighted by Gasteiger charge is -2.25. The highest BCUT2D eigenvalue weighted by molar-refractivity contribution is 5.97. The van der Waals surface area contributed by atoms with Crippen molar-refractivity contribution < 1.29 is 14.3 Å². The summed E-state index contributed by atoms with van der Waals surface area (Å²) in [6.45, 7) is 3.90. The monoisotopic (exact) mass is 346 g/mol. The van der Waals surface area contributed by atoms with Gasteiger partial charge in [0.1, 0.15) is 11.8 Å². The summed E-state index contributed by atoms with van der Waals surface area (Å²) >= 11 is 0. The highest BCUT2D eigenvalue weighted by atomic mass is 16.5. The van der Waals surface area contributed by atoms with E-state index in [0.717, 1.165) is 25.7 Å². The van der Waals surface area contributed by atoms with Crippen LogP contribution >= 0.6 is 0 Å². The highest BCUT2D eigenvalue weighted by Gasteiger charge is 2.26. The Morgan fingerprint density at radius 2 is 1.64 bits per heavy atom. The Morgan fingerprint density at radius 1 is 1.04 bits per heavy atom. The van der Waals surface area contributed by atoms with E-state index in [2.05, 4.69) is 10.6 Å². The maximum atomic E-state index is 12.7. The predicted octanol–water partition coefficient (Wildman–Crippen LogP) is 3.29. The third kappa shape index (κ3) is 5.76. The summed E-state index contributed by atoms with van der Waals surface area (Å²) in [5.41, 5.74) is 0.522. The van der Waals surface area contributed by atoms with Gasteiger partial charge in [-0.3, -0.25) is 9.59 Å². The van der Waals surface area contributed by atoms with Crippen LogP contribution < -0.4 is 15.4 Å². The van der Waals surface area contributed by atoms with Crippen molar-refractivity contribution in [2.75, 3.05) is 7.11 Å². The number of carbonyl (C=O) groups excluding carboxylic acids is 2. The molecule has 25 heavy (non-hydrogen) atoms. The van der Waals surface area contributed by atoms with Gasteiger partial charge in [0, 0.05) is 11.6 Å². The van der Waals surface area contributed by atoms with Crippen LogP contribution in [0.4, 0.5) is 0 Å². The molecule has 0 aliphatic heterocycles. The standard InChI is InChI=1S/C20H30N2O3/c1-14(2)18(20(24)21-16-8-6-4-5-7-9-16)22-19(23)15-10-12-17(25-3)13-11-15/h10-14,16,18H,4-9H2,1-3H3,(H,21,24)(H,22,23)/t18-/m0/s1. The van der Waals surface area contributed by atoms with Crippen LogP contribution in [0.3, 0.4) is 0 Å². The number of methoxy groups -OCH3 is 1. The van der Waals surface area contributed by atoms with Crippen LogP contribution in [0.1, 0.15) is 62.7 Å². The number of benzene rings is 1. The van der Waals surface area contributed by atoms with E-state index in [1.807, 2.05) is 13.8 Å². The number of amides is 2. The summed E-state index contributed by atoms with van der Waals surface area (Å²) in [6, 6.07) is 6.59. The average molecular weight is 346 g/mol. The van der Waals surface area contributed by atoms with E-state index < -0.39 is 6.04 Å². The van der Waals surface area contributed by atoms with Crippen LogP contribution in [-0.4, -0.2) is 31.0 Å². The molecule has 0 unspecified atom stereocenters. The first-order chi connectivity index (χ1) is 12.0. The molecule has 1 fully saturated rings. The van der Waals surface area contributed by atoms with Gasteiger partial charge in [-0.05, 0) is 43.0 Å². The van der Waals surface area contributed by atoms with E-state index in [-0.39, 0.29) is 23.8 Å². The molecule has 0 heterocycles. The molecule has 0 spiro atoms. The Hall–Kier alpha value is -2.04. The molecule has 0 aromatic heterocycles. The largest absolute Gasteiger partial charge is 0.497 e. The van der Waals surface area contributed by atoms with Crippen molar-refractivity contribution in [2.24, 2.45) is 5.92 Å². The minimum absolute atomic E-state index is 0.0213. The number of nitrogens with one attached hydrogen (secondary N) is 2. The van der Waals surface area contributed by atoms with Gasteiger partial charge in [0.25, 0.3) is 5.91 Å². The molecule has 1 atom stereocenters. The molecule has 2 rings (SSSR count). The molecule has 1 aliphatic carbocycles. The van der Waals surface area contributed by atoms with Gasteiger partial charge in [0.05, 0.1) is 7.11 Å². The van der Waals surface area contributed by atoms with Crippen LogP contribution in [0, 0.1) is 5.92 Å². The normalized spacial score (nSPS) is 16.8. The Kier molecular flexibility index (Phi) is 7.29. The van der Waals surface area contributed by atoms with Crippen LogP contribution in [0.5, 0.6) is 5.75 Å². The maximum Gasteiger partial charge on any atom is 0.251 e. The lowest BCUT2D eigenvalue weighted by atomic mass is 10.0. The fraction of sp³-hybridized carbons (Fsp3) is 0.600. The van der Waals surface area contributed by atoms with Crippen LogP contribution in [0.25, 0.3) is 0 Å². The Labute approximate surface area is 150 Å². The Balaban J connectivity index is 1.98. The lowest BCUT2D eigenvalue weighted by molar-refractivity contribution is -0.124. The molecule has 2 N–H and O–H groups in total. The van der Waals surface area contributed by atoms with Gasteiger partial charge in [-0.2, -0.15) is 0 Å². The van der Waals surface area contributed by atoms with Crippen molar-refractivity contribution in [3.8, 4) is 5.75 Å². The number of carbonyl (C=O) groups is 2. The molecule has 1 aliphatic rings. The van der Waals surface area contributed by atoms with E-state index >= 15 is 0 Å². The second-order valence-electron chi connectivity index (χ2n) is 7.12. The molecule has 138 valence electrons. The van der Waals surface area contributed by atoms with Crippen molar-refractivity contribution in [3.63, 3.8) is 0 Å². The molecular weight excluding hydrogens is 316 g/mol. The quantitative estimate of drug-likeness (QED) is 0.777. The molecule has 2 amide bonds. The maximum absolute atomic E-state index is 12.7. The smallest absolute Gasteiger partial charge is 0.251 e. The minimum Gasteiger partial charge on any atom is -0.497 e. The van der Waals surface area contributed by atoms with Crippen molar-refractivity contribution in [1.29, 1.82) is 0 Å². The Morgan fingerprint density at radius 3 is 2.16 bits per heavy atom. The van der Waals surface area contributed by atoms with Crippen molar-refractivity contribution in [1.82, 2.24) is 10.6 Å². The predicted molar refractivity (Wildman–Crippen MR) is 98.7 cm³/mol. The molecule has 0 bridgehead atoms. The second-order valence-corrected chi connectivity index (χ2v) is 7.12. The molecule has 0 radical (unpaired) electrons. The molecule has 1 saturated carbocycles. The van der Waals surface area contributed by atoms with Gasteiger partial charge in [0.15, 0.2) is 0 Å². The number of ether oxygens (including phenoxy) is 1. The highest BCUT2D eigenvalue weighted by Crippen LogP contribution is 2.18. The molecular formula is C20H30N2O3. The van der Waals surface area contributed by atoms with E-state index in [4.69, 9.17) is 4.74 Å². The van der Waals surface area contributed by atoms with Gasteiger partial charge in [-0.15, -0.1) is 0 Å². The van der Waals surface area contributed by atoms with Gasteiger partial charge < -0.3 is 15.4 Å². The van der Waals surface area contributed by atoms with Gasteiger partial charge in [-0.1, -0.05) is 39.5 Å². The van der Waals surface area contributed by atoms with Crippen molar-refractivity contribution in [2.45, 2.75) is 64.5 Å². The fourth-order valence-corrected chi connectivity index (χ4v) is 3.22. The fourth-order valence-electron chi connectivity index (χ4n) is 3.22. The zero-order chi connectivity index (χ0) is 18.2. The summed E-state index contributed by atoms with van der Waals surface area (Å²) in [5.74, 6) is 0.400. The topological polar surface area (TPSA) is 67.4 Å². The van der Waals surface area contributed by atoms with Crippen LogP contribution in [-0.2, 0) is 4.79 Å². The van der Waals surface area contributed by atoms with Crippen LogP contribution in [0.2, 0.25) is 0 Å². The van der Waals surface area contributed by atoms with E-state index in [9.17, 15) is 9.59 Å². The number of hydrogen-bond acceptors (Lipinski definition) is 3. The lowest BCUT2D eigenvalue weighted by Crippen LogP contribution is -2.52. The third-order valence-electron chi connectivity index (χ3n) is 4.79. The molecule has 1 aromatic rings. The first-order valence-electron chi connectivity index (χ1n) is 9.26. The number of rotatable bonds is 6.